The molecule has 0 aliphatic carbocycles. The molecule has 0 spiro atoms. The zero-order chi connectivity index (χ0) is 22.5. The van der Waals surface area contributed by atoms with Gasteiger partial charge in [-0.15, -0.1) is 0 Å². The van der Waals surface area contributed by atoms with Crippen LogP contribution in [0, 0.1) is 0 Å². The summed E-state index contributed by atoms with van der Waals surface area (Å²) < 4.78 is 31.7. The van der Waals surface area contributed by atoms with Crippen LogP contribution in [0.25, 0.3) is 0 Å². The van der Waals surface area contributed by atoms with Crippen molar-refractivity contribution in [3.8, 4) is 0 Å². The summed E-state index contributed by atoms with van der Waals surface area (Å²) in [6, 6.07) is 5.28. The second-order valence-electron chi connectivity index (χ2n) is 6.87. The Morgan fingerprint density at radius 2 is 1.53 bits per heavy atom. The van der Waals surface area contributed by atoms with Crippen molar-refractivity contribution >= 4 is 33.6 Å². The maximum absolute atomic E-state index is 12.4. The molecule has 1 saturated heterocycles. The number of amides is 2. The Bertz CT molecular complexity index is 920. The Hall–Kier alpha value is -2.79. The van der Waals surface area contributed by atoms with Crippen LogP contribution in [0.4, 0.5) is 0 Å². The number of rotatable bonds is 7. The minimum Gasteiger partial charge on any atom is -0.452 e. The van der Waals surface area contributed by atoms with Gasteiger partial charge in [0, 0.05) is 38.7 Å². The number of carbonyl (C=O) groups is 4. The lowest BCUT2D eigenvalue weighted by Gasteiger charge is -2.35. The topological polar surface area (TPSA) is 130 Å². The molecule has 11 heteroatoms. The summed E-state index contributed by atoms with van der Waals surface area (Å²) in [5, 5.41) is 0. The number of ether oxygens (including phenoxy) is 1. The fourth-order valence-electron chi connectivity index (χ4n) is 2.89. The van der Waals surface area contributed by atoms with Crippen LogP contribution < -0.4 is 4.72 Å². The van der Waals surface area contributed by atoms with Gasteiger partial charge >= 0.3 is 5.97 Å². The minimum absolute atomic E-state index is 0.0650. The van der Waals surface area contributed by atoms with E-state index in [1.807, 2.05) is 0 Å². The van der Waals surface area contributed by atoms with E-state index >= 15 is 0 Å². The molecule has 1 aromatic carbocycles. The number of hydrogen-bond donors (Lipinski definition) is 1. The molecule has 1 aliphatic heterocycles. The fraction of sp³-hybridized carbons (Fsp3) is 0.474. The third-order valence-corrected chi connectivity index (χ3v) is 6.09. The summed E-state index contributed by atoms with van der Waals surface area (Å²) in [5.41, 5.74) is 0.366. The van der Waals surface area contributed by atoms with Crippen LogP contribution in [0.15, 0.2) is 29.2 Å². The standard InChI is InChI=1S/C19H25N3O7S/c1-13(23)16-4-6-17(7-5-16)30(27,28)20-12-18(25)29-14(2)19(26)22-10-8-21(9-11-22)15(3)24/h4-7,14,20H,8-12H2,1-3H3. The summed E-state index contributed by atoms with van der Waals surface area (Å²) in [6.45, 7) is 5.07. The zero-order valence-corrected chi connectivity index (χ0v) is 17.9. The van der Waals surface area contributed by atoms with E-state index in [0.717, 1.165) is 0 Å². The van der Waals surface area contributed by atoms with Gasteiger partial charge < -0.3 is 14.5 Å². The predicted octanol–water partition coefficient (Wildman–Crippen LogP) is -0.210. The normalized spacial score (nSPS) is 15.4. The molecule has 0 bridgehead atoms. The molecule has 30 heavy (non-hydrogen) atoms. The van der Waals surface area contributed by atoms with Gasteiger partial charge in [-0.05, 0) is 26.0 Å². The molecular weight excluding hydrogens is 414 g/mol. The summed E-state index contributed by atoms with van der Waals surface area (Å²) in [6.07, 6.45) is -1.08. The Labute approximate surface area is 175 Å². The summed E-state index contributed by atoms with van der Waals surface area (Å²) in [7, 11) is -3.98. The number of piperazine rings is 1. The Morgan fingerprint density at radius 3 is 2.03 bits per heavy atom. The number of carbonyl (C=O) groups excluding carboxylic acids is 4. The molecule has 1 heterocycles. The third kappa shape index (κ3) is 6.10. The van der Waals surface area contributed by atoms with Crippen molar-refractivity contribution < 1.29 is 32.3 Å². The highest BCUT2D eigenvalue weighted by Gasteiger charge is 2.28. The first-order chi connectivity index (χ1) is 14.0. The van der Waals surface area contributed by atoms with Crippen molar-refractivity contribution in [3.63, 3.8) is 0 Å². The van der Waals surface area contributed by atoms with Crippen molar-refractivity contribution in [2.45, 2.75) is 31.8 Å². The van der Waals surface area contributed by atoms with Gasteiger partial charge in [0.05, 0.1) is 4.90 Å². The van der Waals surface area contributed by atoms with Crippen molar-refractivity contribution in [1.29, 1.82) is 0 Å². The molecule has 0 saturated carbocycles. The maximum atomic E-state index is 12.4. The number of nitrogens with zero attached hydrogens (tertiary/aromatic N) is 2. The predicted molar refractivity (Wildman–Crippen MR) is 106 cm³/mol. The van der Waals surface area contributed by atoms with Crippen LogP contribution in [0.5, 0.6) is 0 Å². The van der Waals surface area contributed by atoms with Crippen LogP contribution in [0.1, 0.15) is 31.1 Å². The largest absolute Gasteiger partial charge is 0.452 e. The summed E-state index contributed by atoms with van der Waals surface area (Å²) >= 11 is 0. The van der Waals surface area contributed by atoms with Crippen molar-refractivity contribution in [3.05, 3.63) is 29.8 Å². The van der Waals surface area contributed by atoms with Crippen LogP contribution in [-0.4, -0.2) is 80.6 Å². The van der Waals surface area contributed by atoms with Crippen molar-refractivity contribution in [2.24, 2.45) is 0 Å². The van der Waals surface area contributed by atoms with Gasteiger partial charge in [0.1, 0.15) is 6.54 Å². The number of nitrogens with one attached hydrogen (secondary N) is 1. The van der Waals surface area contributed by atoms with Gasteiger partial charge in [-0.25, -0.2) is 8.42 Å². The molecule has 1 fully saturated rings. The van der Waals surface area contributed by atoms with Crippen LogP contribution in [0.2, 0.25) is 0 Å². The smallest absolute Gasteiger partial charge is 0.321 e. The van der Waals surface area contributed by atoms with Gasteiger partial charge in [-0.1, -0.05) is 12.1 Å². The monoisotopic (exact) mass is 439 g/mol. The second kappa shape index (κ2) is 9.81. The highest BCUT2D eigenvalue weighted by Crippen LogP contribution is 2.11. The van der Waals surface area contributed by atoms with E-state index in [4.69, 9.17) is 4.74 Å². The van der Waals surface area contributed by atoms with Gasteiger partial charge in [-0.2, -0.15) is 4.72 Å². The zero-order valence-electron chi connectivity index (χ0n) is 17.1. The Balaban J connectivity index is 1.85. The number of benzene rings is 1. The second-order valence-corrected chi connectivity index (χ2v) is 8.64. The van der Waals surface area contributed by atoms with E-state index in [2.05, 4.69) is 4.72 Å². The van der Waals surface area contributed by atoms with E-state index in [1.165, 1.54) is 49.9 Å². The number of ketones is 1. The lowest BCUT2D eigenvalue weighted by molar-refractivity contribution is -0.159. The van der Waals surface area contributed by atoms with Gasteiger partial charge in [0.15, 0.2) is 11.9 Å². The van der Waals surface area contributed by atoms with Crippen LogP contribution in [-0.2, 0) is 29.1 Å². The SMILES string of the molecule is CC(=O)c1ccc(S(=O)(=O)NCC(=O)OC(C)C(=O)N2CCN(C(C)=O)CC2)cc1. The van der Waals surface area contributed by atoms with Crippen molar-refractivity contribution in [1.82, 2.24) is 14.5 Å². The average molecular weight is 439 g/mol. The first-order valence-corrected chi connectivity index (χ1v) is 10.8. The van der Waals surface area contributed by atoms with E-state index in [9.17, 15) is 27.6 Å². The molecule has 2 rings (SSSR count). The molecule has 10 nitrogen and oxygen atoms in total. The Kier molecular flexibility index (Phi) is 7.68. The lowest BCUT2D eigenvalue weighted by atomic mass is 10.2. The van der Waals surface area contributed by atoms with Gasteiger partial charge in [0.2, 0.25) is 15.9 Å². The summed E-state index contributed by atoms with van der Waals surface area (Å²) in [5.74, 6) is -1.57. The molecule has 0 aromatic heterocycles. The van der Waals surface area contributed by atoms with E-state index in [1.54, 1.807) is 4.90 Å². The third-order valence-electron chi connectivity index (χ3n) is 4.67. The van der Waals surface area contributed by atoms with E-state index in [0.29, 0.717) is 31.7 Å². The van der Waals surface area contributed by atoms with Gasteiger partial charge in [-0.3, -0.25) is 19.2 Å². The van der Waals surface area contributed by atoms with E-state index < -0.39 is 34.5 Å². The molecule has 2 amide bonds. The molecule has 1 atom stereocenters. The number of Topliss-reactive ketones (excluding diaryl/α,β-unsaturated/α-hetero) is 1. The fourth-order valence-corrected chi connectivity index (χ4v) is 3.86. The molecule has 1 unspecified atom stereocenters. The quantitative estimate of drug-likeness (QED) is 0.459. The van der Waals surface area contributed by atoms with Crippen molar-refractivity contribution in [2.75, 3.05) is 32.7 Å². The van der Waals surface area contributed by atoms with Gasteiger partial charge in [0.25, 0.3) is 5.91 Å². The molecule has 0 radical (unpaired) electrons. The minimum atomic E-state index is -3.98. The number of hydrogen-bond acceptors (Lipinski definition) is 7. The first kappa shape index (κ1) is 23.5. The summed E-state index contributed by atoms with van der Waals surface area (Å²) in [4.78, 5) is 50.0. The molecular formula is C19H25N3O7S. The van der Waals surface area contributed by atoms with Crippen LogP contribution in [0.3, 0.4) is 0 Å². The number of sulfonamides is 1. The average Bonchev–Trinajstić information content (AvgIpc) is 2.71. The molecule has 1 aliphatic rings. The Morgan fingerprint density at radius 1 is 1.00 bits per heavy atom. The molecule has 1 aromatic rings. The number of esters is 1. The maximum Gasteiger partial charge on any atom is 0.321 e. The highest BCUT2D eigenvalue weighted by molar-refractivity contribution is 7.89. The highest BCUT2D eigenvalue weighted by atomic mass is 32.2. The van der Waals surface area contributed by atoms with Crippen LogP contribution >= 0.6 is 0 Å². The molecule has 1 N–H and O–H groups in total. The van der Waals surface area contributed by atoms with E-state index in [-0.39, 0.29) is 16.6 Å². The first-order valence-electron chi connectivity index (χ1n) is 9.35. The lowest BCUT2D eigenvalue weighted by Crippen LogP contribution is -2.52. The molecule has 164 valence electrons.